The molecule has 0 spiro atoms. The highest BCUT2D eigenvalue weighted by Gasteiger charge is 2.15. The number of amides is 2. The molecule has 0 aliphatic heterocycles. The largest absolute Gasteiger partial charge is 0.326 e. The molecule has 0 aliphatic rings. The van der Waals surface area contributed by atoms with Gasteiger partial charge in [-0.25, -0.2) is 9.37 Å². The molecular weight excluding hydrogens is 433 g/mol. The standard InChI is InChI=1S/C22H20FN5O3S/c1-11-15(12(2)25-21(31)17(11)9-24)6-7-20(30)28-22-27-19(10-32-22)16-5-4-14(8-18(16)23)26-13(3)29/h4-5,8,10H,6-7H2,1-3H3,(H,25,31)(H,26,29)(H,27,28,30). The summed E-state index contributed by atoms with van der Waals surface area (Å²) in [4.78, 5) is 42.2. The summed E-state index contributed by atoms with van der Waals surface area (Å²) < 4.78 is 14.4. The Morgan fingerprint density at radius 2 is 2.03 bits per heavy atom. The molecular formula is C22H20FN5O3S. The van der Waals surface area contributed by atoms with Crippen molar-refractivity contribution in [2.24, 2.45) is 0 Å². The second-order valence-corrected chi connectivity index (χ2v) is 7.99. The minimum atomic E-state index is -0.545. The molecule has 1 aromatic carbocycles. The first kappa shape index (κ1) is 22.8. The summed E-state index contributed by atoms with van der Waals surface area (Å²) in [6.07, 6.45) is 0.458. The van der Waals surface area contributed by atoms with E-state index in [1.807, 2.05) is 6.07 Å². The third-order valence-electron chi connectivity index (χ3n) is 4.84. The van der Waals surface area contributed by atoms with Crippen LogP contribution in [-0.4, -0.2) is 21.8 Å². The van der Waals surface area contributed by atoms with E-state index >= 15 is 0 Å². The molecule has 3 N–H and O–H groups in total. The van der Waals surface area contributed by atoms with E-state index in [9.17, 15) is 18.8 Å². The monoisotopic (exact) mass is 453 g/mol. The minimum Gasteiger partial charge on any atom is -0.326 e. The fraction of sp³-hybridized carbons (Fsp3) is 0.227. The topological polar surface area (TPSA) is 128 Å². The van der Waals surface area contributed by atoms with Gasteiger partial charge in [0, 0.05) is 35.7 Å². The molecule has 2 heterocycles. The van der Waals surface area contributed by atoms with Gasteiger partial charge in [-0.1, -0.05) is 0 Å². The van der Waals surface area contributed by atoms with Crippen LogP contribution in [0.4, 0.5) is 15.2 Å². The lowest BCUT2D eigenvalue weighted by molar-refractivity contribution is -0.116. The number of aromatic amines is 1. The number of rotatable bonds is 6. The predicted octanol–water partition coefficient (Wildman–Crippen LogP) is 3.66. The number of pyridine rings is 1. The van der Waals surface area contributed by atoms with Crippen molar-refractivity contribution in [3.05, 3.63) is 62.1 Å². The fourth-order valence-electron chi connectivity index (χ4n) is 3.30. The number of thiazole rings is 1. The fourth-order valence-corrected chi connectivity index (χ4v) is 4.03. The van der Waals surface area contributed by atoms with Crippen molar-refractivity contribution >= 4 is 34.0 Å². The van der Waals surface area contributed by atoms with Gasteiger partial charge in [-0.15, -0.1) is 11.3 Å². The van der Waals surface area contributed by atoms with Crippen molar-refractivity contribution < 1.29 is 14.0 Å². The van der Waals surface area contributed by atoms with Gasteiger partial charge < -0.3 is 15.6 Å². The molecule has 2 aromatic heterocycles. The molecule has 164 valence electrons. The van der Waals surface area contributed by atoms with Crippen LogP contribution < -0.4 is 16.2 Å². The summed E-state index contributed by atoms with van der Waals surface area (Å²) in [5, 5.41) is 16.3. The quantitative estimate of drug-likeness (QED) is 0.525. The summed E-state index contributed by atoms with van der Waals surface area (Å²) in [6, 6.07) is 6.18. The Labute approximate surface area is 187 Å². The van der Waals surface area contributed by atoms with Crippen LogP contribution in [0.5, 0.6) is 0 Å². The number of anilines is 2. The van der Waals surface area contributed by atoms with Crippen LogP contribution in [0.2, 0.25) is 0 Å². The van der Waals surface area contributed by atoms with E-state index < -0.39 is 11.4 Å². The van der Waals surface area contributed by atoms with Crippen molar-refractivity contribution in [1.29, 1.82) is 5.26 Å². The van der Waals surface area contributed by atoms with Gasteiger partial charge in [0.15, 0.2) is 5.13 Å². The van der Waals surface area contributed by atoms with Crippen LogP contribution in [0.15, 0.2) is 28.4 Å². The molecule has 3 rings (SSSR count). The molecule has 0 radical (unpaired) electrons. The Morgan fingerprint density at radius 1 is 1.28 bits per heavy atom. The molecule has 0 aliphatic carbocycles. The highest BCUT2D eigenvalue weighted by atomic mass is 32.1. The van der Waals surface area contributed by atoms with Crippen LogP contribution in [-0.2, 0) is 16.0 Å². The smallest absolute Gasteiger partial charge is 0.266 e. The zero-order valence-corrected chi connectivity index (χ0v) is 18.4. The average molecular weight is 453 g/mol. The number of nitrogens with one attached hydrogen (secondary N) is 3. The molecule has 0 saturated heterocycles. The number of carbonyl (C=O) groups excluding carboxylic acids is 2. The lowest BCUT2D eigenvalue weighted by Gasteiger charge is -2.10. The molecule has 3 aromatic rings. The van der Waals surface area contributed by atoms with Crippen molar-refractivity contribution in [2.75, 3.05) is 10.6 Å². The molecule has 0 atom stereocenters. The first-order valence-electron chi connectivity index (χ1n) is 9.65. The summed E-state index contributed by atoms with van der Waals surface area (Å²) in [7, 11) is 0. The minimum absolute atomic E-state index is 0.0436. The number of aryl methyl sites for hydroxylation is 1. The molecule has 10 heteroatoms. The number of H-pyrrole nitrogens is 1. The first-order chi connectivity index (χ1) is 15.2. The number of hydrogen-bond acceptors (Lipinski definition) is 6. The lowest BCUT2D eigenvalue weighted by Crippen LogP contribution is -2.18. The molecule has 0 saturated carbocycles. The summed E-state index contributed by atoms with van der Waals surface area (Å²) >= 11 is 1.16. The molecule has 32 heavy (non-hydrogen) atoms. The van der Waals surface area contributed by atoms with Crippen LogP contribution in [0.3, 0.4) is 0 Å². The summed E-state index contributed by atoms with van der Waals surface area (Å²) in [5.41, 5.74) is 2.49. The molecule has 0 unspecified atom stereocenters. The number of halogens is 1. The summed E-state index contributed by atoms with van der Waals surface area (Å²) in [5.74, 6) is -1.14. The number of nitrogens with zero attached hydrogens (tertiary/aromatic N) is 2. The lowest BCUT2D eigenvalue weighted by atomic mass is 9.99. The summed E-state index contributed by atoms with van der Waals surface area (Å²) in [6.45, 7) is 4.75. The van der Waals surface area contributed by atoms with E-state index in [-0.39, 0.29) is 29.4 Å². The predicted molar refractivity (Wildman–Crippen MR) is 120 cm³/mol. The van der Waals surface area contributed by atoms with Crippen LogP contribution in [0.25, 0.3) is 11.3 Å². The van der Waals surface area contributed by atoms with Crippen molar-refractivity contribution in [2.45, 2.75) is 33.6 Å². The average Bonchev–Trinajstić information content (AvgIpc) is 3.15. The zero-order chi connectivity index (χ0) is 23.4. The van der Waals surface area contributed by atoms with Gasteiger partial charge in [0.2, 0.25) is 11.8 Å². The Balaban J connectivity index is 1.68. The maximum atomic E-state index is 14.4. The maximum absolute atomic E-state index is 14.4. The SMILES string of the molecule is CC(=O)Nc1ccc(-c2csc(NC(=O)CCc3c(C)[nH]c(=O)c(C#N)c3C)n2)c(F)c1. The highest BCUT2D eigenvalue weighted by Crippen LogP contribution is 2.29. The number of nitriles is 1. The van der Waals surface area contributed by atoms with Gasteiger partial charge in [-0.3, -0.25) is 14.4 Å². The highest BCUT2D eigenvalue weighted by molar-refractivity contribution is 7.14. The Morgan fingerprint density at radius 3 is 2.69 bits per heavy atom. The van der Waals surface area contributed by atoms with E-state index in [1.54, 1.807) is 25.3 Å². The third kappa shape index (κ3) is 5.07. The van der Waals surface area contributed by atoms with E-state index in [0.29, 0.717) is 34.2 Å². The Bertz CT molecular complexity index is 1310. The van der Waals surface area contributed by atoms with Crippen LogP contribution >= 0.6 is 11.3 Å². The second kappa shape index (κ2) is 9.53. The maximum Gasteiger partial charge on any atom is 0.266 e. The number of benzene rings is 1. The van der Waals surface area contributed by atoms with Crippen LogP contribution in [0, 0.1) is 31.0 Å². The van der Waals surface area contributed by atoms with E-state index in [2.05, 4.69) is 20.6 Å². The molecule has 8 nitrogen and oxygen atoms in total. The normalized spacial score (nSPS) is 10.5. The van der Waals surface area contributed by atoms with Gasteiger partial charge in [0.1, 0.15) is 17.4 Å². The van der Waals surface area contributed by atoms with Gasteiger partial charge in [-0.2, -0.15) is 5.26 Å². The second-order valence-electron chi connectivity index (χ2n) is 7.13. The van der Waals surface area contributed by atoms with E-state index in [1.165, 1.54) is 19.1 Å². The van der Waals surface area contributed by atoms with Crippen molar-refractivity contribution in [1.82, 2.24) is 9.97 Å². The van der Waals surface area contributed by atoms with Gasteiger partial charge in [0.05, 0.1) is 5.69 Å². The van der Waals surface area contributed by atoms with Gasteiger partial charge in [-0.05, 0) is 49.6 Å². The molecule has 0 fully saturated rings. The van der Waals surface area contributed by atoms with E-state index in [0.717, 1.165) is 16.9 Å². The molecule has 2 amide bonds. The number of carbonyl (C=O) groups is 2. The van der Waals surface area contributed by atoms with Crippen molar-refractivity contribution in [3.63, 3.8) is 0 Å². The van der Waals surface area contributed by atoms with Gasteiger partial charge in [0.25, 0.3) is 5.56 Å². The first-order valence-corrected chi connectivity index (χ1v) is 10.5. The van der Waals surface area contributed by atoms with E-state index in [4.69, 9.17) is 5.26 Å². The third-order valence-corrected chi connectivity index (χ3v) is 5.60. The Kier molecular flexibility index (Phi) is 6.80. The van der Waals surface area contributed by atoms with Crippen molar-refractivity contribution in [3.8, 4) is 17.3 Å². The molecule has 0 bridgehead atoms. The zero-order valence-electron chi connectivity index (χ0n) is 17.6. The Hall–Kier alpha value is -3.84. The van der Waals surface area contributed by atoms with Crippen LogP contribution in [0.1, 0.15) is 35.7 Å². The van der Waals surface area contributed by atoms with Gasteiger partial charge >= 0.3 is 0 Å². The number of aromatic nitrogens is 2. The number of hydrogen-bond donors (Lipinski definition) is 3.